The van der Waals surface area contributed by atoms with Crippen molar-refractivity contribution in [3.05, 3.63) is 48.3 Å². The number of morpholine rings is 1. The van der Waals surface area contributed by atoms with Gasteiger partial charge < -0.3 is 14.2 Å². The van der Waals surface area contributed by atoms with Crippen molar-refractivity contribution in [1.82, 2.24) is 14.6 Å². The summed E-state index contributed by atoms with van der Waals surface area (Å²) in [7, 11) is -3.70. The average Bonchev–Trinajstić information content (AvgIpc) is 2.75. The first-order valence-corrected chi connectivity index (χ1v) is 10.7. The van der Waals surface area contributed by atoms with Gasteiger partial charge in [-0.2, -0.15) is 0 Å². The van der Waals surface area contributed by atoms with Crippen LogP contribution < -0.4 is 14.2 Å². The van der Waals surface area contributed by atoms with Crippen molar-refractivity contribution in [2.24, 2.45) is 0 Å². The van der Waals surface area contributed by atoms with Gasteiger partial charge in [-0.05, 0) is 23.8 Å². The van der Waals surface area contributed by atoms with Crippen LogP contribution in [0.3, 0.4) is 0 Å². The number of ether oxygens (including phenoxy) is 3. The molecule has 1 aromatic carbocycles. The molecule has 2 aliphatic heterocycles. The molecule has 0 saturated carbocycles. The van der Waals surface area contributed by atoms with E-state index in [9.17, 15) is 8.42 Å². The van der Waals surface area contributed by atoms with Crippen molar-refractivity contribution < 1.29 is 22.6 Å². The summed E-state index contributed by atoms with van der Waals surface area (Å²) in [5, 5.41) is 0. The van der Waals surface area contributed by atoms with Crippen LogP contribution in [0.15, 0.2) is 47.6 Å². The molecule has 0 radical (unpaired) electrons. The lowest BCUT2D eigenvalue weighted by molar-refractivity contribution is 0.0171. The maximum Gasteiger partial charge on any atom is 0.240 e. The molecular formula is C19H23N3O5S. The highest BCUT2D eigenvalue weighted by Crippen LogP contribution is 2.32. The van der Waals surface area contributed by atoms with Crippen LogP contribution in [0.25, 0.3) is 0 Å². The van der Waals surface area contributed by atoms with Crippen molar-refractivity contribution >= 4 is 10.0 Å². The van der Waals surface area contributed by atoms with Gasteiger partial charge in [-0.25, -0.2) is 13.1 Å². The fourth-order valence-electron chi connectivity index (χ4n) is 3.38. The van der Waals surface area contributed by atoms with Crippen molar-refractivity contribution in [3.8, 4) is 11.5 Å². The Bertz CT molecular complexity index is 901. The number of benzene rings is 1. The van der Waals surface area contributed by atoms with E-state index < -0.39 is 10.0 Å². The minimum Gasteiger partial charge on any atom is -0.486 e. The average molecular weight is 405 g/mol. The highest BCUT2D eigenvalue weighted by atomic mass is 32.2. The number of nitrogens with one attached hydrogen (secondary N) is 1. The molecule has 1 N–H and O–H groups in total. The molecule has 1 atom stereocenters. The fourth-order valence-corrected chi connectivity index (χ4v) is 4.44. The monoisotopic (exact) mass is 405 g/mol. The molecule has 0 bridgehead atoms. The maximum atomic E-state index is 12.9. The molecule has 3 heterocycles. The summed E-state index contributed by atoms with van der Waals surface area (Å²) in [5.41, 5.74) is 0.967. The first-order chi connectivity index (χ1) is 13.6. The lowest BCUT2D eigenvalue weighted by Crippen LogP contribution is -2.43. The number of pyridine rings is 1. The van der Waals surface area contributed by atoms with E-state index in [1.54, 1.807) is 18.5 Å². The van der Waals surface area contributed by atoms with Gasteiger partial charge in [0.2, 0.25) is 10.0 Å². The number of hydrogen-bond donors (Lipinski definition) is 1. The molecule has 2 aliphatic rings. The Balaban J connectivity index is 1.52. The number of aromatic nitrogens is 1. The van der Waals surface area contributed by atoms with Crippen LogP contribution in [0.1, 0.15) is 11.6 Å². The number of sulfonamides is 1. The SMILES string of the molecule is O=S(=O)(NCC(c1cccnc1)N1CCOCC1)c1ccc2c(c1)OCCO2. The smallest absolute Gasteiger partial charge is 0.240 e. The summed E-state index contributed by atoms with van der Waals surface area (Å²) in [5.74, 6) is 1.01. The molecule has 1 unspecified atom stereocenters. The number of nitrogens with zero attached hydrogens (tertiary/aromatic N) is 2. The van der Waals surface area contributed by atoms with Crippen LogP contribution in [0, 0.1) is 0 Å². The van der Waals surface area contributed by atoms with Gasteiger partial charge in [0.1, 0.15) is 13.2 Å². The van der Waals surface area contributed by atoms with E-state index in [0.29, 0.717) is 37.9 Å². The summed E-state index contributed by atoms with van der Waals surface area (Å²) in [6.45, 7) is 3.85. The fraction of sp³-hybridized carbons (Fsp3) is 0.421. The molecule has 0 spiro atoms. The molecule has 0 aliphatic carbocycles. The lowest BCUT2D eigenvalue weighted by Gasteiger charge is -2.34. The third-order valence-corrected chi connectivity index (χ3v) is 6.27. The van der Waals surface area contributed by atoms with E-state index in [0.717, 1.165) is 18.7 Å². The third-order valence-electron chi connectivity index (χ3n) is 4.85. The highest BCUT2D eigenvalue weighted by molar-refractivity contribution is 7.89. The molecule has 9 heteroatoms. The lowest BCUT2D eigenvalue weighted by atomic mass is 10.1. The first-order valence-electron chi connectivity index (χ1n) is 9.24. The van der Waals surface area contributed by atoms with Crippen LogP contribution in [0.2, 0.25) is 0 Å². The second-order valence-electron chi connectivity index (χ2n) is 6.61. The highest BCUT2D eigenvalue weighted by Gasteiger charge is 2.26. The molecule has 28 heavy (non-hydrogen) atoms. The van der Waals surface area contributed by atoms with Crippen LogP contribution in [-0.4, -0.2) is 64.4 Å². The van der Waals surface area contributed by atoms with Crippen LogP contribution >= 0.6 is 0 Å². The summed E-state index contributed by atoms with van der Waals surface area (Å²) in [6, 6.07) is 8.37. The summed E-state index contributed by atoms with van der Waals surface area (Å²) in [4.78, 5) is 6.56. The van der Waals surface area contributed by atoms with Crippen LogP contribution in [0.4, 0.5) is 0 Å². The predicted molar refractivity (Wildman–Crippen MR) is 102 cm³/mol. The largest absolute Gasteiger partial charge is 0.486 e. The van der Waals surface area contributed by atoms with Gasteiger partial charge in [-0.3, -0.25) is 9.88 Å². The minimum atomic E-state index is -3.70. The molecule has 8 nitrogen and oxygen atoms in total. The quantitative estimate of drug-likeness (QED) is 0.772. The Morgan fingerprint density at radius 1 is 1.07 bits per heavy atom. The molecule has 150 valence electrons. The second kappa shape index (κ2) is 8.44. The zero-order valence-electron chi connectivity index (χ0n) is 15.4. The van der Waals surface area contributed by atoms with E-state index in [1.165, 1.54) is 12.1 Å². The van der Waals surface area contributed by atoms with Gasteiger partial charge in [0.15, 0.2) is 11.5 Å². The Morgan fingerprint density at radius 3 is 2.61 bits per heavy atom. The van der Waals surface area contributed by atoms with E-state index in [2.05, 4.69) is 14.6 Å². The summed E-state index contributed by atoms with van der Waals surface area (Å²) >= 11 is 0. The molecule has 1 aromatic heterocycles. The van der Waals surface area contributed by atoms with Gasteiger partial charge >= 0.3 is 0 Å². The summed E-state index contributed by atoms with van der Waals surface area (Å²) < 4.78 is 44.9. The number of rotatable bonds is 6. The van der Waals surface area contributed by atoms with E-state index in [1.807, 2.05) is 12.1 Å². The molecule has 2 aromatic rings. The van der Waals surface area contributed by atoms with Gasteiger partial charge in [0.25, 0.3) is 0 Å². The second-order valence-corrected chi connectivity index (χ2v) is 8.37. The molecule has 1 saturated heterocycles. The van der Waals surface area contributed by atoms with Crippen molar-refractivity contribution in [2.75, 3.05) is 46.1 Å². The molecule has 1 fully saturated rings. The van der Waals surface area contributed by atoms with E-state index >= 15 is 0 Å². The Morgan fingerprint density at radius 2 is 1.86 bits per heavy atom. The predicted octanol–water partition coefficient (Wildman–Crippen LogP) is 1.20. The van der Waals surface area contributed by atoms with Crippen molar-refractivity contribution in [2.45, 2.75) is 10.9 Å². The normalized spacial score (nSPS) is 18.6. The maximum absolute atomic E-state index is 12.9. The molecular weight excluding hydrogens is 382 g/mol. The van der Waals surface area contributed by atoms with Gasteiger partial charge in [0, 0.05) is 38.1 Å². The van der Waals surface area contributed by atoms with Crippen molar-refractivity contribution in [3.63, 3.8) is 0 Å². The van der Waals surface area contributed by atoms with Crippen LogP contribution in [0.5, 0.6) is 11.5 Å². The zero-order valence-corrected chi connectivity index (χ0v) is 16.2. The number of fused-ring (bicyclic) bond motifs is 1. The van der Waals surface area contributed by atoms with Gasteiger partial charge in [-0.1, -0.05) is 6.07 Å². The first kappa shape index (κ1) is 19.1. The Kier molecular flexibility index (Phi) is 5.77. The Hall–Kier alpha value is -2.20. The third kappa shape index (κ3) is 4.27. The van der Waals surface area contributed by atoms with Crippen LogP contribution in [-0.2, 0) is 14.8 Å². The zero-order chi connectivity index (χ0) is 19.4. The number of hydrogen-bond acceptors (Lipinski definition) is 7. The topological polar surface area (TPSA) is 90.0 Å². The van der Waals surface area contributed by atoms with E-state index in [-0.39, 0.29) is 17.5 Å². The van der Waals surface area contributed by atoms with E-state index in [4.69, 9.17) is 14.2 Å². The molecule has 4 rings (SSSR count). The van der Waals surface area contributed by atoms with Gasteiger partial charge in [0.05, 0.1) is 24.2 Å². The standard InChI is InChI=1S/C19H23N3O5S/c23-28(24,16-3-4-18-19(12-16)27-11-10-26-18)21-14-17(15-2-1-5-20-13-15)22-6-8-25-9-7-22/h1-5,12-13,17,21H,6-11,14H2. The van der Waals surface area contributed by atoms with Crippen molar-refractivity contribution in [1.29, 1.82) is 0 Å². The summed E-state index contributed by atoms with van der Waals surface area (Å²) in [6.07, 6.45) is 3.48. The Labute approximate surface area is 164 Å². The van der Waals surface area contributed by atoms with Gasteiger partial charge in [-0.15, -0.1) is 0 Å². The minimum absolute atomic E-state index is 0.121. The molecule has 0 amide bonds.